The van der Waals surface area contributed by atoms with Crippen molar-refractivity contribution in [1.29, 1.82) is 0 Å². The first-order chi connectivity index (χ1) is 11.7. The number of anilines is 1. The summed E-state index contributed by atoms with van der Waals surface area (Å²) in [5, 5.41) is 8.50. The molecule has 3 aromatic rings. The largest absolute Gasteiger partial charge is 0.356 e. The van der Waals surface area contributed by atoms with Crippen molar-refractivity contribution in [2.45, 2.75) is 38.6 Å². The van der Waals surface area contributed by atoms with Crippen molar-refractivity contribution in [3.8, 4) is 0 Å². The van der Waals surface area contributed by atoms with E-state index < -0.39 is 0 Å². The summed E-state index contributed by atoms with van der Waals surface area (Å²) in [6, 6.07) is 4.40. The van der Waals surface area contributed by atoms with E-state index in [1.165, 1.54) is 0 Å². The van der Waals surface area contributed by atoms with E-state index in [-0.39, 0.29) is 0 Å². The van der Waals surface area contributed by atoms with Gasteiger partial charge in [-0.15, -0.1) is 10.2 Å². The second-order valence-electron chi connectivity index (χ2n) is 6.54. The number of fused-ring (bicyclic) bond motifs is 1. The van der Waals surface area contributed by atoms with Gasteiger partial charge in [-0.25, -0.2) is 9.97 Å². The van der Waals surface area contributed by atoms with Crippen molar-refractivity contribution in [3.05, 3.63) is 36.7 Å². The molecular formula is C17H21N7. The van der Waals surface area contributed by atoms with Crippen LogP contribution in [-0.2, 0) is 0 Å². The molecule has 124 valence electrons. The first-order valence-corrected chi connectivity index (χ1v) is 8.44. The van der Waals surface area contributed by atoms with Gasteiger partial charge in [-0.05, 0) is 38.8 Å². The Morgan fingerprint density at radius 2 is 2.04 bits per heavy atom. The van der Waals surface area contributed by atoms with Gasteiger partial charge in [0.1, 0.15) is 23.5 Å². The number of hydrogen-bond donors (Lipinski definition) is 0. The summed E-state index contributed by atoms with van der Waals surface area (Å²) in [5.41, 5.74) is 1.52. The average molecular weight is 323 g/mol. The molecule has 0 aromatic carbocycles. The quantitative estimate of drug-likeness (QED) is 0.737. The fraction of sp³-hybridized carbons (Fsp3) is 0.471. The molecule has 7 nitrogen and oxygen atoms in total. The predicted molar refractivity (Wildman–Crippen MR) is 91.9 cm³/mol. The molecule has 24 heavy (non-hydrogen) atoms. The molecule has 0 saturated carbocycles. The van der Waals surface area contributed by atoms with E-state index in [4.69, 9.17) is 0 Å². The Labute approximate surface area is 140 Å². The fourth-order valence-corrected chi connectivity index (χ4v) is 3.36. The second kappa shape index (κ2) is 6.14. The Morgan fingerprint density at radius 3 is 2.92 bits per heavy atom. The van der Waals surface area contributed by atoms with Crippen molar-refractivity contribution >= 4 is 17.0 Å². The molecule has 7 heteroatoms. The minimum absolute atomic E-state index is 0.374. The molecule has 0 bridgehead atoms. The molecule has 3 aromatic heterocycles. The average Bonchev–Trinajstić information content (AvgIpc) is 3.11. The molecule has 1 atom stereocenters. The minimum Gasteiger partial charge on any atom is -0.356 e. The Bertz CT molecular complexity index is 842. The zero-order valence-corrected chi connectivity index (χ0v) is 14.0. The van der Waals surface area contributed by atoms with Gasteiger partial charge in [0.15, 0.2) is 5.65 Å². The first kappa shape index (κ1) is 15.0. The molecule has 1 aliphatic heterocycles. The maximum atomic E-state index is 4.68. The lowest BCUT2D eigenvalue weighted by Crippen LogP contribution is -2.36. The van der Waals surface area contributed by atoms with E-state index in [1.54, 1.807) is 12.4 Å². The van der Waals surface area contributed by atoms with Crippen molar-refractivity contribution in [2.75, 3.05) is 18.0 Å². The van der Waals surface area contributed by atoms with Gasteiger partial charge >= 0.3 is 0 Å². The molecule has 4 heterocycles. The van der Waals surface area contributed by atoms with Crippen molar-refractivity contribution < 1.29 is 0 Å². The summed E-state index contributed by atoms with van der Waals surface area (Å²) in [4.78, 5) is 15.6. The third-order valence-corrected chi connectivity index (χ3v) is 4.58. The Morgan fingerprint density at radius 1 is 1.17 bits per heavy atom. The summed E-state index contributed by atoms with van der Waals surface area (Å²) in [7, 11) is 0. The van der Waals surface area contributed by atoms with Crippen LogP contribution in [0.15, 0.2) is 30.9 Å². The van der Waals surface area contributed by atoms with Crippen molar-refractivity contribution in [1.82, 2.24) is 29.7 Å². The number of pyridine rings is 1. The van der Waals surface area contributed by atoms with E-state index in [2.05, 4.69) is 48.5 Å². The summed E-state index contributed by atoms with van der Waals surface area (Å²) >= 11 is 0. The van der Waals surface area contributed by atoms with Crippen LogP contribution in [-0.4, -0.2) is 42.8 Å². The molecule has 0 radical (unpaired) electrons. The summed E-state index contributed by atoms with van der Waals surface area (Å²) in [5.74, 6) is 2.42. The highest BCUT2D eigenvalue weighted by Crippen LogP contribution is 2.29. The van der Waals surface area contributed by atoms with E-state index in [9.17, 15) is 0 Å². The van der Waals surface area contributed by atoms with Gasteiger partial charge in [0.05, 0.1) is 0 Å². The number of piperidine rings is 1. The number of nitrogens with zero attached hydrogens (tertiary/aromatic N) is 7. The van der Waals surface area contributed by atoms with Gasteiger partial charge in [0.25, 0.3) is 0 Å². The molecule has 0 N–H and O–H groups in total. The molecule has 1 saturated heterocycles. The number of aromatic nitrogens is 6. The zero-order valence-electron chi connectivity index (χ0n) is 14.0. The second-order valence-corrected chi connectivity index (χ2v) is 6.54. The lowest BCUT2D eigenvalue weighted by atomic mass is 9.97. The van der Waals surface area contributed by atoms with Crippen molar-refractivity contribution in [2.24, 2.45) is 0 Å². The Balaban J connectivity index is 1.60. The Hall–Kier alpha value is -2.57. The highest BCUT2D eigenvalue weighted by Gasteiger charge is 2.26. The molecule has 4 rings (SSSR count). The normalized spacial score (nSPS) is 18.5. The Kier molecular flexibility index (Phi) is 3.84. The lowest BCUT2D eigenvalue weighted by Gasteiger charge is -2.33. The maximum Gasteiger partial charge on any atom is 0.180 e. The van der Waals surface area contributed by atoms with E-state index in [1.807, 2.05) is 18.5 Å². The van der Waals surface area contributed by atoms with Crippen LogP contribution in [0.25, 0.3) is 11.2 Å². The van der Waals surface area contributed by atoms with Crippen LogP contribution in [0.5, 0.6) is 0 Å². The lowest BCUT2D eigenvalue weighted by molar-refractivity contribution is 0.453. The van der Waals surface area contributed by atoms with E-state index in [0.717, 1.165) is 43.1 Å². The SMILES string of the molecule is CC(C)n1cnnc1C1CCCN(c2ccc3nccnc3n2)C1. The van der Waals surface area contributed by atoms with Crippen LogP contribution >= 0.6 is 0 Å². The third kappa shape index (κ3) is 2.70. The summed E-state index contributed by atoms with van der Waals surface area (Å²) in [6.45, 7) is 6.24. The van der Waals surface area contributed by atoms with Gasteiger partial charge < -0.3 is 9.47 Å². The van der Waals surface area contributed by atoms with Crippen molar-refractivity contribution in [3.63, 3.8) is 0 Å². The monoisotopic (exact) mass is 323 g/mol. The van der Waals surface area contributed by atoms with Gasteiger partial charge in [-0.2, -0.15) is 0 Å². The maximum absolute atomic E-state index is 4.68. The number of hydrogen-bond acceptors (Lipinski definition) is 6. The molecule has 1 unspecified atom stereocenters. The van der Waals surface area contributed by atoms with Crippen LogP contribution in [0.4, 0.5) is 5.82 Å². The molecule has 1 aliphatic rings. The molecule has 0 spiro atoms. The molecular weight excluding hydrogens is 302 g/mol. The van der Waals surface area contributed by atoms with Gasteiger partial charge in [-0.3, -0.25) is 4.98 Å². The van der Waals surface area contributed by atoms with Crippen LogP contribution in [0, 0.1) is 0 Å². The molecule has 0 amide bonds. The summed E-state index contributed by atoms with van der Waals surface area (Å²) in [6.07, 6.45) is 7.47. The minimum atomic E-state index is 0.374. The van der Waals surface area contributed by atoms with Crippen LogP contribution in [0.1, 0.15) is 44.5 Å². The summed E-state index contributed by atoms with van der Waals surface area (Å²) < 4.78 is 2.17. The van der Waals surface area contributed by atoms with Gasteiger partial charge in [0.2, 0.25) is 0 Å². The molecule has 1 fully saturated rings. The van der Waals surface area contributed by atoms with Crippen LogP contribution in [0.2, 0.25) is 0 Å². The standard InChI is InChI=1S/C17H21N7/c1-12(2)24-11-20-22-17(24)13-4-3-9-23(10-13)15-6-5-14-16(21-15)19-8-7-18-14/h5-8,11-13H,3-4,9-10H2,1-2H3. The first-order valence-electron chi connectivity index (χ1n) is 8.44. The molecule has 0 aliphatic carbocycles. The van der Waals surface area contributed by atoms with E-state index >= 15 is 0 Å². The van der Waals surface area contributed by atoms with Crippen LogP contribution < -0.4 is 4.90 Å². The smallest absolute Gasteiger partial charge is 0.180 e. The highest BCUT2D eigenvalue weighted by atomic mass is 15.3. The van der Waals surface area contributed by atoms with E-state index in [0.29, 0.717) is 17.6 Å². The van der Waals surface area contributed by atoms with Gasteiger partial charge in [-0.1, -0.05) is 0 Å². The third-order valence-electron chi connectivity index (χ3n) is 4.58. The highest BCUT2D eigenvalue weighted by molar-refractivity contribution is 5.71. The topological polar surface area (TPSA) is 72.6 Å². The number of rotatable bonds is 3. The van der Waals surface area contributed by atoms with Crippen LogP contribution in [0.3, 0.4) is 0 Å². The van der Waals surface area contributed by atoms with Gasteiger partial charge in [0, 0.05) is 37.4 Å². The fourth-order valence-electron chi connectivity index (χ4n) is 3.36. The zero-order chi connectivity index (χ0) is 16.5. The predicted octanol–water partition coefficient (Wildman–Crippen LogP) is 2.58.